The van der Waals surface area contributed by atoms with Gasteiger partial charge in [0.15, 0.2) is 12.2 Å². The molecule has 2 rings (SSSR count). The molecule has 1 aliphatic heterocycles. The number of rotatable bonds is 4. The molecule has 1 aromatic carbocycles. The molecule has 2 atom stereocenters. The number of aliphatic hydroxyl groups is 1. The van der Waals surface area contributed by atoms with E-state index in [-0.39, 0.29) is 6.61 Å². The Morgan fingerprint density at radius 1 is 1.53 bits per heavy atom. The van der Waals surface area contributed by atoms with Gasteiger partial charge in [-0.15, -0.1) is 0 Å². The molecule has 0 spiro atoms. The van der Waals surface area contributed by atoms with Crippen molar-refractivity contribution in [2.24, 2.45) is 0 Å². The van der Waals surface area contributed by atoms with Crippen LogP contribution in [0, 0.1) is 0 Å². The molecule has 1 heterocycles. The maximum absolute atomic E-state index is 11.6. The summed E-state index contributed by atoms with van der Waals surface area (Å²) in [5, 5.41) is 9.88. The maximum Gasteiger partial charge on any atom is 0.339 e. The molecular formula is C13H14O6. The van der Waals surface area contributed by atoms with Crippen LogP contribution in [0.1, 0.15) is 28.9 Å². The smallest absolute Gasteiger partial charge is 0.339 e. The van der Waals surface area contributed by atoms with Crippen LogP contribution >= 0.6 is 0 Å². The highest BCUT2D eigenvalue weighted by atomic mass is 16.6. The van der Waals surface area contributed by atoms with Gasteiger partial charge >= 0.3 is 11.9 Å². The van der Waals surface area contributed by atoms with E-state index in [2.05, 4.69) is 0 Å². The number of carbonyl (C=O) groups is 2. The summed E-state index contributed by atoms with van der Waals surface area (Å²) >= 11 is 0. The first-order valence-electron chi connectivity index (χ1n) is 5.82. The molecule has 1 aromatic rings. The fourth-order valence-corrected chi connectivity index (χ4v) is 1.92. The minimum Gasteiger partial charge on any atom is -0.497 e. The molecule has 0 fully saturated rings. The van der Waals surface area contributed by atoms with Crippen LogP contribution in [-0.2, 0) is 14.3 Å². The predicted molar refractivity (Wildman–Crippen MR) is 63.8 cm³/mol. The molecule has 6 heteroatoms. The Morgan fingerprint density at radius 3 is 2.89 bits per heavy atom. The number of esters is 2. The zero-order valence-corrected chi connectivity index (χ0v) is 10.6. The van der Waals surface area contributed by atoms with Crippen molar-refractivity contribution in [1.29, 1.82) is 0 Å². The van der Waals surface area contributed by atoms with Gasteiger partial charge in [0.05, 0.1) is 19.3 Å². The van der Waals surface area contributed by atoms with E-state index >= 15 is 0 Å². The van der Waals surface area contributed by atoms with Gasteiger partial charge in [-0.3, -0.25) is 0 Å². The minimum atomic E-state index is -1.54. The predicted octanol–water partition coefficient (Wildman–Crippen LogP) is 0.831. The summed E-state index contributed by atoms with van der Waals surface area (Å²) in [4.78, 5) is 23.1. The summed E-state index contributed by atoms with van der Waals surface area (Å²) < 4.78 is 14.8. The number of fused-ring (bicyclic) bond motifs is 1. The van der Waals surface area contributed by atoms with Crippen LogP contribution in [0.4, 0.5) is 0 Å². The Kier molecular flexibility index (Phi) is 3.71. The number of aliphatic hydroxyl groups excluding tert-OH is 1. The topological polar surface area (TPSA) is 82.1 Å². The number of ether oxygens (including phenoxy) is 3. The van der Waals surface area contributed by atoms with Gasteiger partial charge in [-0.2, -0.15) is 0 Å². The van der Waals surface area contributed by atoms with Gasteiger partial charge < -0.3 is 19.3 Å². The van der Waals surface area contributed by atoms with Gasteiger partial charge in [0, 0.05) is 5.56 Å². The Hall–Kier alpha value is -2.08. The normalized spacial score (nSPS) is 18.5. The molecule has 0 saturated carbocycles. The molecule has 0 radical (unpaired) electrons. The summed E-state index contributed by atoms with van der Waals surface area (Å²) in [6, 6.07) is 4.71. The van der Waals surface area contributed by atoms with Crippen molar-refractivity contribution in [1.82, 2.24) is 0 Å². The summed E-state index contributed by atoms with van der Waals surface area (Å²) in [5.74, 6) is -0.889. The second-order valence-corrected chi connectivity index (χ2v) is 3.98. The van der Waals surface area contributed by atoms with Crippen molar-refractivity contribution < 1.29 is 28.9 Å². The first-order valence-corrected chi connectivity index (χ1v) is 5.82. The zero-order chi connectivity index (χ0) is 14.0. The number of benzene rings is 1. The summed E-state index contributed by atoms with van der Waals surface area (Å²) in [7, 11) is 1.48. The zero-order valence-electron chi connectivity index (χ0n) is 10.6. The van der Waals surface area contributed by atoms with Crippen molar-refractivity contribution in [2.75, 3.05) is 13.7 Å². The number of cyclic esters (lactones) is 1. The van der Waals surface area contributed by atoms with Crippen molar-refractivity contribution in [3.05, 3.63) is 29.3 Å². The first-order chi connectivity index (χ1) is 9.08. The van der Waals surface area contributed by atoms with Crippen LogP contribution in [0.15, 0.2) is 18.2 Å². The lowest BCUT2D eigenvalue weighted by atomic mass is 10.0. The van der Waals surface area contributed by atoms with Crippen LogP contribution < -0.4 is 4.74 Å². The average Bonchev–Trinajstić information content (AvgIpc) is 2.75. The Bertz CT molecular complexity index is 510. The highest BCUT2D eigenvalue weighted by Crippen LogP contribution is 2.35. The van der Waals surface area contributed by atoms with Crippen molar-refractivity contribution >= 4 is 11.9 Å². The molecule has 6 nitrogen and oxygen atoms in total. The summed E-state index contributed by atoms with van der Waals surface area (Å²) in [5.41, 5.74) is 0.735. The lowest BCUT2D eigenvalue weighted by molar-refractivity contribution is -0.159. The maximum atomic E-state index is 11.6. The van der Waals surface area contributed by atoms with Gasteiger partial charge in [-0.1, -0.05) is 0 Å². The highest BCUT2D eigenvalue weighted by Gasteiger charge is 2.40. The highest BCUT2D eigenvalue weighted by molar-refractivity contribution is 5.95. The van der Waals surface area contributed by atoms with Gasteiger partial charge in [-0.05, 0) is 25.1 Å². The van der Waals surface area contributed by atoms with E-state index in [9.17, 15) is 14.7 Å². The van der Waals surface area contributed by atoms with Gasteiger partial charge in [0.2, 0.25) is 0 Å². The van der Waals surface area contributed by atoms with Gasteiger partial charge in [-0.25, -0.2) is 9.59 Å². The SMILES string of the molecule is CCOC(=O)[C@@H](O)[C@@H]1OC(=O)c2ccc(OC)cc21. The third-order valence-corrected chi connectivity index (χ3v) is 2.83. The van der Waals surface area contributed by atoms with Gasteiger partial charge in [0.25, 0.3) is 0 Å². The Balaban J connectivity index is 2.32. The molecule has 0 aliphatic carbocycles. The number of hydrogen-bond donors (Lipinski definition) is 1. The van der Waals surface area contributed by atoms with Crippen LogP contribution in [0.5, 0.6) is 5.75 Å². The fourth-order valence-electron chi connectivity index (χ4n) is 1.92. The standard InChI is InChI=1S/C13H14O6/c1-3-18-13(16)10(14)11-9-6-7(17-2)4-5-8(9)12(15)19-11/h4-6,10-11,14H,3H2,1-2H3/t10-,11+/m0/s1. The Morgan fingerprint density at radius 2 is 2.26 bits per heavy atom. The molecule has 0 bridgehead atoms. The van der Waals surface area contributed by atoms with E-state index in [4.69, 9.17) is 14.2 Å². The van der Waals surface area contributed by atoms with E-state index < -0.39 is 24.1 Å². The summed E-state index contributed by atoms with van der Waals surface area (Å²) in [6.07, 6.45) is -2.60. The van der Waals surface area contributed by atoms with Crippen LogP contribution in [0.2, 0.25) is 0 Å². The molecule has 102 valence electrons. The summed E-state index contributed by atoms with van der Waals surface area (Å²) in [6.45, 7) is 1.77. The minimum absolute atomic E-state index is 0.140. The van der Waals surface area contributed by atoms with E-state index in [1.165, 1.54) is 13.2 Å². The largest absolute Gasteiger partial charge is 0.497 e. The van der Waals surface area contributed by atoms with E-state index in [0.29, 0.717) is 16.9 Å². The van der Waals surface area contributed by atoms with Crippen molar-refractivity contribution in [3.8, 4) is 5.75 Å². The van der Waals surface area contributed by atoms with E-state index in [0.717, 1.165) is 0 Å². The second kappa shape index (κ2) is 5.27. The van der Waals surface area contributed by atoms with E-state index in [1.54, 1.807) is 19.1 Å². The van der Waals surface area contributed by atoms with E-state index in [1.807, 2.05) is 0 Å². The molecular weight excluding hydrogens is 252 g/mol. The lowest BCUT2D eigenvalue weighted by Gasteiger charge is -2.16. The van der Waals surface area contributed by atoms with Gasteiger partial charge in [0.1, 0.15) is 5.75 Å². The number of methoxy groups -OCH3 is 1. The number of hydrogen-bond acceptors (Lipinski definition) is 6. The third kappa shape index (κ3) is 2.39. The van der Waals surface area contributed by atoms with Crippen LogP contribution in [0.3, 0.4) is 0 Å². The fraction of sp³-hybridized carbons (Fsp3) is 0.385. The molecule has 19 heavy (non-hydrogen) atoms. The average molecular weight is 266 g/mol. The molecule has 1 aliphatic rings. The van der Waals surface area contributed by atoms with Crippen LogP contribution in [-0.4, -0.2) is 36.9 Å². The van der Waals surface area contributed by atoms with Crippen molar-refractivity contribution in [3.63, 3.8) is 0 Å². The molecule has 0 amide bonds. The quantitative estimate of drug-likeness (QED) is 0.813. The Labute approximate surface area is 109 Å². The molecule has 0 saturated heterocycles. The monoisotopic (exact) mass is 266 g/mol. The molecule has 1 N–H and O–H groups in total. The first kappa shape index (κ1) is 13.4. The molecule has 0 unspecified atom stereocenters. The molecule has 0 aromatic heterocycles. The third-order valence-electron chi connectivity index (χ3n) is 2.83. The number of carbonyl (C=O) groups excluding carboxylic acids is 2. The second-order valence-electron chi connectivity index (χ2n) is 3.98. The van der Waals surface area contributed by atoms with Crippen LogP contribution in [0.25, 0.3) is 0 Å². The van der Waals surface area contributed by atoms with Crippen molar-refractivity contribution in [2.45, 2.75) is 19.1 Å². The lowest BCUT2D eigenvalue weighted by Crippen LogP contribution is -2.30.